The van der Waals surface area contributed by atoms with Crippen LogP contribution in [-0.4, -0.2) is 29.5 Å². The third-order valence-corrected chi connectivity index (χ3v) is 4.67. The Bertz CT molecular complexity index is 749. The van der Waals surface area contributed by atoms with Crippen molar-refractivity contribution in [2.45, 2.75) is 25.7 Å². The van der Waals surface area contributed by atoms with Crippen LogP contribution in [0.15, 0.2) is 18.2 Å². The Balaban J connectivity index is 1.74. The highest BCUT2D eigenvalue weighted by Crippen LogP contribution is 2.30. The molecule has 0 bridgehead atoms. The second-order valence-corrected chi connectivity index (χ2v) is 6.30. The first kappa shape index (κ1) is 16.3. The van der Waals surface area contributed by atoms with E-state index in [-0.39, 0.29) is 11.8 Å². The number of aromatic nitrogens is 2. The van der Waals surface area contributed by atoms with E-state index in [1.54, 1.807) is 7.11 Å². The molecule has 2 unspecified atom stereocenters. The van der Waals surface area contributed by atoms with Gasteiger partial charge in [-0.2, -0.15) is 4.98 Å². The largest absolute Gasteiger partial charge is 0.494 e. The Hall–Kier alpha value is -2.57. The Labute approximate surface area is 140 Å². The van der Waals surface area contributed by atoms with Crippen molar-refractivity contribution in [1.82, 2.24) is 9.97 Å². The SMILES string of the molecule is COc1cccc2c(N)nc(NCC3CCCC(C(N)=O)C3)nc12. The van der Waals surface area contributed by atoms with Crippen LogP contribution in [0.1, 0.15) is 25.7 Å². The quantitative estimate of drug-likeness (QED) is 0.772. The Morgan fingerprint density at radius 1 is 1.38 bits per heavy atom. The fourth-order valence-electron chi connectivity index (χ4n) is 3.36. The third kappa shape index (κ3) is 3.34. The van der Waals surface area contributed by atoms with Gasteiger partial charge in [0.05, 0.1) is 7.11 Å². The van der Waals surface area contributed by atoms with Crippen LogP contribution < -0.4 is 21.5 Å². The number of fused-ring (bicyclic) bond motifs is 1. The van der Waals surface area contributed by atoms with Gasteiger partial charge in [0, 0.05) is 17.8 Å². The molecule has 5 N–H and O–H groups in total. The lowest BCUT2D eigenvalue weighted by atomic mass is 9.81. The van der Waals surface area contributed by atoms with E-state index in [0.717, 1.165) is 31.1 Å². The maximum atomic E-state index is 11.4. The van der Waals surface area contributed by atoms with Gasteiger partial charge in [0.1, 0.15) is 17.1 Å². The van der Waals surface area contributed by atoms with E-state index in [4.69, 9.17) is 16.2 Å². The first-order valence-corrected chi connectivity index (χ1v) is 8.22. The predicted molar refractivity (Wildman–Crippen MR) is 93.6 cm³/mol. The van der Waals surface area contributed by atoms with Crippen LogP contribution in [0.4, 0.5) is 11.8 Å². The molecular formula is C17H23N5O2. The van der Waals surface area contributed by atoms with Crippen molar-refractivity contribution in [1.29, 1.82) is 0 Å². The number of hydrogen-bond donors (Lipinski definition) is 3. The number of anilines is 2. The number of primary amides is 1. The van der Waals surface area contributed by atoms with E-state index >= 15 is 0 Å². The maximum absolute atomic E-state index is 11.4. The lowest BCUT2D eigenvalue weighted by molar-refractivity contribution is -0.123. The predicted octanol–water partition coefficient (Wildman–Crippen LogP) is 1.92. The number of rotatable bonds is 5. The first-order valence-electron chi connectivity index (χ1n) is 8.22. The van der Waals surface area contributed by atoms with Crippen LogP contribution in [0.5, 0.6) is 5.75 Å². The van der Waals surface area contributed by atoms with Crippen LogP contribution in [-0.2, 0) is 4.79 Å². The average molecular weight is 329 g/mol. The van der Waals surface area contributed by atoms with Crippen molar-refractivity contribution in [3.63, 3.8) is 0 Å². The minimum atomic E-state index is -0.198. The second-order valence-electron chi connectivity index (χ2n) is 6.30. The molecule has 3 rings (SSSR count). The number of hydrogen-bond acceptors (Lipinski definition) is 6. The van der Waals surface area contributed by atoms with Gasteiger partial charge in [0.25, 0.3) is 0 Å². The molecule has 1 fully saturated rings. The molecule has 1 saturated carbocycles. The molecule has 1 heterocycles. The summed E-state index contributed by atoms with van der Waals surface area (Å²) in [4.78, 5) is 20.2. The van der Waals surface area contributed by atoms with Gasteiger partial charge in [-0.05, 0) is 37.3 Å². The summed E-state index contributed by atoms with van der Waals surface area (Å²) in [5.74, 6) is 1.72. The number of nitrogens with two attached hydrogens (primary N) is 2. The first-order chi connectivity index (χ1) is 11.6. The molecule has 0 aliphatic heterocycles. The number of para-hydroxylation sites is 1. The number of benzene rings is 1. The summed E-state index contributed by atoms with van der Waals surface area (Å²) in [5.41, 5.74) is 12.2. The molecule has 0 saturated heterocycles. The van der Waals surface area contributed by atoms with Crippen LogP contribution in [0.3, 0.4) is 0 Å². The number of methoxy groups -OCH3 is 1. The van der Waals surface area contributed by atoms with E-state index < -0.39 is 0 Å². The molecule has 1 aliphatic rings. The highest BCUT2D eigenvalue weighted by Gasteiger charge is 2.25. The fourth-order valence-corrected chi connectivity index (χ4v) is 3.36. The molecule has 2 atom stereocenters. The summed E-state index contributed by atoms with van der Waals surface area (Å²) >= 11 is 0. The Kier molecular flexibility index (Phi) is 4.69. The summed E-state index contributed by atoms with van der Waals surface area (Å²) < 4.78 is 5.35. The van der Waals surface area contributed by atoms with Crippen LogP contribution >= 0.6 is 0 Å². The number of carbonyl (C=O) groups excluding carboxylic acids is 1. The van der Waals surface area contributed by atoms with E-state index in [1.165, 1.54) is 0 Å². The summed E-state index contributed by atoms with van der Waals surface area (Å²) in [6.07, 6.45) is 3.80. The number of nitrogens with zero attached hydrogens (tertiary/aromatic N) is 2. The summed E-state index contributed by atoms with van der Waals surface area (Å²) in [6.45, 7) is 0.698. The van der Waals surface area contributed by atoms with Crippen LogP contribution in [0.2, 0.25) is 0 Å². The monoisotopic (exact) mass is 329 g/mol. The smallest absolute Gasteiger partial charge is 0.225 e. The summed E-state index contributed by atoms with van der Waals surface area (Å²) in [5, 5.41) is 4.02. The lowest BCUT2D eigenvalue weighted by Crippen LogP contribution is -2.31. The lowest BCUT2D eigenvalue weighted by Gasteiger charge is -2.27. The third-order valence-electron chi connectivity index (χ3n) is 4.67. The van der Waals surface area contributed by atoms with Crippen LogP contribution in [0, 0.1) is 11.8 Å². The average Bonchev–Trinajstić information content (AvgIpc) is 2.60. The fraction of sp³-hybridized carbons (Fsp3) is 0.471. The molecule has 0 spiro atoms. The van der Waals surface area contributed by atoms with Crippen LogP contribution in [0.25, 0.3) is 10.9 Å². The molecule has 1 aliphatic carbocycles. The molecule has 1 amide bonds. The second kappa shape index (κ2) is 6.90. The van der Waals surface area contributed by atoms with E-state index in [9.17, 15) is 4.79 Å². The van der Waals surface area contributed by atoms with Crippen molar-refractivity contribution in [2.75, 3.05) is 24.7 Å². The van der Waals surface area contributed by atoms with Gasteiger partial charge < -0.3 is 21.5 Å². The molecule has 128 valence electrons. The number of carbonyl (C=O) groups is 1. The van der Waals surface area contributed by atoms with Gasteiger partial charge in [0.2, 0.25) is 11.9 Å². The number of amides is 1. The zero-order valence-electron chi connectivity index (χ0n) is 13.8. The molecule has 7 heteroatoms. The Morgan fingerprint density at radius 3 is 2.96 bits per heavy atom. The number of nitrogen functional groups attached to an aromatic ring is 1. The van der Waals surface area contributed by atoms with Crippen molar-refractivity contribution >= 4 is 28.6 Å². The van der Waals surface area contributed by atoms with Gasteiger partial charge in [-0.25, -0.2) is 4.98 Å². The van der Waals surface area contributed by atoms with Gasteiger partial charge in [0.15, 0.2) is 0 Å². The maximum Gasteiger partial charge on any atom is 0.225 e. The minimum absolute atomic E-state index is 0.0202. The van der Waals surface area contributed by atoms with Gasteiger partial charge in [-0.1, -0.05) is 12.5 Å². The molecule has 24 heavy (non-hydrogen) atoms. The number of ether oxygens (including phenoxy) is 1. The van der Waals surface area contributed by atoms with E-state index in [2.05, 4.69) is 15.3 Å². The van der Waals surface area contributed by atoms with Gasteiger partial charge in [-0.15, -0.1) is 0 Å². The van der Waals surface area contributed by atoms with E-state index in [0.29, 0.717) is 35.5 Å². The molecular weight excluding hydrogens is 306 g/mol. The molecule has 0 radical (unpaired) electrons. The standard InChI is InChI=1S/C17H23N5O2/c1-24-13-7-3-6-12-14(13)21-17(22-15(12)18)20-9-10-4-2-5-11(8-10)16(19)23/h3,6-7,10-11H,2,4-5,8-9H2,1H3,(H2,19,23)(H3,18,20,21,22). The summed E-state index contributed by atoms with van der Waals surface area (Å²) in [6, 6.07) is 5.58. The zero-order valence-corrected chi connectivity index (χ0v) is 13.8. The van der Waals surface area contributed by atoms with Crippen molar-refractivity contribution < 1.29 is 9.53 Å². The van der Waals surface area contributed by atoms with Crippen molar-refractivity contribution in [3.8, 4) is 5.75 Å². The van der Waals surface area contributed by atoms with Gasteiger partial charge in [-0.3, -0.25) is 4.79 Å². The Morgan fingerprint density at radius 2 is 2.21 bits per heavy atom. The normalized spacial score (nSPS) is 20.7. The zero-order chi connectivity index (χ0) is 17.1. The number of nitrogens with one attached hydrogen (secondary N) is 1. The molecule has 2 aromatic rings. The highest BCUT2D eigenvalue weighted by atomic mass is 16.5. The topological polar surface area (TPSA) is 116 Å². The molecule has 1 aromatic heterocycles. The van der Waals surface area contributed by atoms with E-state index in [1.807, 2.05) is 18.2 Å². The highest BCUT2D eigenvalue weighted by molar-refractivity contribution is 5.93. The van der Waals surface area contributed by atoms with Crippen molar-refractivity contribution in [2.24, 2.45) is 17.6 Å². The molecule has 7 nitrogen and oxygen atoms in total. The summed E-state index contributed by atoms with van der Waals surface area (Å²) in [7, 11) is 1.60. The van der Waals surface area contributed by atoms with Crippen molar-refractivity contribution in [3.05, 3.63) is 18.2 Å². The molecule has 1 aromatic carbocycles. The minimum Gasteiger partial charge on any atom is -0.494 e. The van der Waals surface area contributed by atoms with Gasteiger partial charge >= 0.3 is 0 Å².